The van der Waals surface area contributed by atoms with Gasteiger partial charge in [0.25, 0.3) is 5.91 Å². The third-order valence-corrected chi connectivity index (χ3v) is 5.07. The van der Waals surface area contributed by atoms with Gasteiger partial charge < -0.3 is 15.0 Å². The van der Waals surface area contributed by atoms with Crippen LogP contribution < -0.4 is 10.1 Å². The summed E-state index contributed by atoms with van der Waals surface area (Å²) in [6.07, 6.45) is 0. The molecule has 0 saturated heterocycles. The van der Waals surface area contributed by atoms with Crippen LogP contribution in [0.15, 0.2) is 46.9 Å². The van der Waals surface area contributed by atoms with Gasteiger partial charge in [0.1, 0.15) is 11.8 Å². The first-order valence-electron chi connectivity index (χ1n) is 9.40. The molecule has 5 nitrogen and oxygen atoms in total. The molecule has 2 amide bonds. The SMILES string of the molecule is Cc1cccc(CN(C(=O)COc2ccc(Br)cc2Cl)[C@H](C)C(=O)NC(C)C)c1. The number of nitrogens with one attached hydrogen (secondary N) is 1. The van der Waals surface area contributed by atoms with E-state index in [0.29, 0.717) is 17.3 Å². The third-order valence-electron chi connectivity index (χ3n) is 4.28. The Morgan fingerprint density at radius 3 is 2.52 bits per heavy atom. The Morgan fingerprint density at radius 2 is 1.90 bits per heavy atom. The van der Waals surface area contributed by atoms with Gasteiger partial charge in [0.05, 0.1) is 5.02 Å². The van der Waals surface area contributed by atoms with E-state index in [0.717, 1.165) is 15.6 Å². The zero-order chi connectivity index (χ0) is 21.6. The number of hydrogen-bond acceptors (Lipinski definition) is 3. The molecule has 7 heteroatoms. The molecule has 1 atom stereocenters. The second-order valence-corrected chi connectivity index (χ2v) is 8.54. The number of aryl methyl sites for hydroxylation is 1. The van der Waals surface area contributed by atoms with Gasteiger partial charge in [0, 0.05) is 17.1 Å². The summed E-state index contributed by atoms with van der Waals surface area (Å²) in [6, 6.07) is 12.4. The Labute approximate surface area is 185 Å². The van der Waals surface area contributed by atoms with E-state index in [-0.39, 0.29) is 24.5 Å². The number of benzene rings is 2. The fourth-order valence-corrected chi connectivity index (χ4v) is 3.54. The normalized spacial score (nSPS) is 11.8. The second kappa shape index (κ2) is 10.6. The molecule has 2 rings (SSSR count). The molecule has 0 aliphatic carbocycles. The summed E-state index contributed by atoms with van der Waals surface area (Å²) in [6.45, 7) is 7.57. The standard InChI is InChI=1S/C22H26BrClN2O3/c1-14(2)25-22(28)16(4)26(12-17-7-5-6-15(3)10-17)21(27)13-29-20-9-8-18(23)11-19(20)24/h5-11,14,16H,12-13H2,1-4H3,(H,25,28)/t16-/m1/s1. The monoisotopic (exact) mass is 480 g/mol. The minimum atomic E-state index is -0.644. The molecular formula is C22H26BrClN2O3. The van der Waals surface area contributed by atoms with Crippen LogP contribution in [0.4, 0.5) is 0 Å². The molecule has 0 heterocycles. The second-order valence-electron chi connectivity index (χ2n) is 7.21. The summed E-state index contributed by atoms with van der Waals surface area (Å²) in [7, 11) is 0. The van der Waals surface area contributed by atoms with Crippen molar-refractivity contribution in [3.63, 3.8) is 0 Å². The Morgan fingerprint density at radius 1 is 1.17 bits per heavy atom. The van der Waals surface area contributed by atoms with E-state index in [1.807, 2.05) is 45.0 Å². The smallest absolute Gasteiger partial charge is 0.261 e. The third kappa shape index (κ3) is 7.05. The highest BCUT2D eigenvalue weighted by Crippen LogP contribution is 2.27. The first kappa shape index (κ1) is 23.2. The predicted molar refractivity (Wildman–Crippen MR) is 119 cm³/mol. The number of nitrogens with zero attached hydrogens (tertiary/aromatic N) is 1. The van der Waals surface area contributed by atoms with Crippen molar-refractivity contribution in [3.8, 4) is 5.75 Å². The molecule has 0 fully saturated rings. The number of rotatable bonds is 8. The van der Waals surface area contributed by atoms with E-state index in [9.17, 15) is 9.59 Å². The van der Waals surface area contributed by atoms with Crippen LogP contribution in [-0.2, 0) is 16.1 Å². The molecule has 0 spiro atoms. The van der Waals surface area contributed by atoms with E-state index in [1.165, 1.54) is 4.90 Å². The maximum absolute atomic E-state index is 13.0. The van der Waals surface area contributed by atoms with Crippen LogP contribution in [-0.4, -0.2) is 35.4 Å². The van der Waals surface area contributed by atoms with Gasteiger partial charge in [0.15, 0.2) is 6.61 Å². The minimum Gasteiger partial charge on any atom is -0.482 e. The highest BCUT2D eigenvalue weighted by atomic mass is 79.9. The number of halogens is 2. The molecular weight excluding hydrogens is 456 g/mol. The number of carbonyl (C=O) groups is 2. The molecule has 156 valence electrons. The minimum absolute atomic E-state index is 0.0151. The number of ether oxygens (including phenoxy) is 1. The van der Waals surface area contributed by atoms with Gasteiger partial charge in [-0.15, -0.1) is 0 Å². The highest BCUT2D eigenvalue weighted by Gasteiger charge is 2.27. The van der Waals surface area contributed by atoms with E-state index in [4.69, 9.17) is 16.3 Å². The molecule has 1 N–H and O–H groups in total. The van der Waals surface area contributed by atoms with Gasteiger partial charge in [0.2, 0.25) is 5.91 Å². The van der Waals surface area contributed by atoms with Gasteiger partial charge >= 0.3 is 0 Å². The van der Waals surface area contributed by atoms with Gasteiger partial charge in [-0.1, -0.05) is 57.4 Å². The molecule has 0 aliphatic heterocycles. The van der Waals surface area contributed by atoms with E-state index < -0.39 is 6.04 Å². The van der Waals surface area contributed by atoms with Crippen LogP contribution in [0.25, 0.3) is 0 Å². The van der Waals surface area contributed by atoms with Gasteiger partial charge in [-0.2, -0.15) is 0 Å². The molecule has 0 radical (unpaired) electrons. The summed E-state index contributed by atoms with van der Waals surface area (Å²) in [5.41, 5.74) is 2.04. The molecule has 2 aromatic rings. The molecule has 0 saturated carbocycles. The number of amides is 2. The first-order valence-corrected chi connectivity index (χ1v) is 10.6. The summed E-state index contributed by atoms with van der Waals surface area (Å²) in [4.78, 5) is 27.1. The van der Waals surface area contributed by atoms with Crippen LogP contribution in [0.3, 0.4) is 0 Å². The van der Waals surface area contributed by atoms with Gasteiger partial charge in [-0.3, -0.25) is 9.59 Å². The average Bonchev–Trinajstić information content (AvgIpc) is 2.64. The zero-order valence-corrected chi connectivity index (χ0v) is 19.4. The molecule has 0 unspecified atom stereocenters. The van der Waals surface area contributed by atoms with Crippen LogP contribution in [0.2, 0.25) is 5.02 Å². The molecule has 29 heavy (non-hydrogen) atoms. The molecule has 0 aromatic heterocycles. The van der Waals surface area contributed by atoms with Crippen molar-refractivity contribution in [1.29, 1.82) is 0 Å². The van der Waals surface area contributed by atoms with Crippen LogP contribution >= 0.6 is 27.5 Å². The van der Waals surface area contributed by atoms with Crippen molar-refractivity contribution in [2.24, 2.45) is 0 Å². The molecule has 0 aliphatic rings. The lowest BCUT2D eigenvalue weighted by Gasteiger charge is -2.29. The predicted octanol–water partition coefficient (Wildman–Crippen LogP) is 4.73. The lowest BCUT2D eigenvalue weighted by Crippen LogP contribution is -2.50. The van der Waals surface area contributed by atoms with Gasteiger partial charge in [-0.25, -0.2) is 0 Å². The number of hydrogen-bond donors (Lipinski definition) is 1. The fourth-order valence-electron chi connectivity index (χ4n) is 2.81. The lowest BCUT2D eigenvalue weighted by atomic mass is 10.1. The highest BCUT2D eigenvalue weighted by molar-refractivity contribution is 9.10. The summed E-state index contributed by atoms with van der Waals surface area (Å²) < 4.78 is 6.45. The largest absolute Gasteiger partial charge is 0.482 e. The van der Waals surface area contributed by atoms with Crippen molar-refractivity contribution in [1.82, 2.24) is 10.2 Å². The summed E-state index contributed by atoms with van der Waals surface area (Å²) in [5, 5.41) is 3.27. The van der Waals surface area contributed by atoms with E-state index in [1.54, 1.807) is 25.1 Å². The maximum atomic E-state index is 13.0. The summed E-state index contributed by atoms with van der Waals surface area (Å²) >= 11 is 9.50. The average molecular weight is 482 g/mol. The van der Waals surface area contributed by atoms with Crippen molar-refractivity contribution >= 4 is 39.3 Å². The zero-order valence-electron chi connectivity index (χ0n) is 17.0. The van der Waals surface area contributed by atoms with Crippen LogP contribution in [0.5, 0.6) is 5.75 Å². The van der Waals surface area contributed by atoms with Gasteiger partial charge in [-0.05, 0) is 51.5 Å². The lowest BCUT2D eigenvalue weighted by molar-refractivity contribution is -0.142. The van der Waals surface area contributed by atoms with Crippen molar-refractivity contribution in [2.75, 3.05) is 6.61 Å². The Bertz CT molecular complexity index is 873. The van der Waals surface area contributed by atoms with Crippen LogP contribution in [0.1, 0.15) is 31.9 Å². The molecule has 2 aromatic carbocycles. The fraction of sp³-hybridized carbons (Fsp3) is 0.364. The van der Waals surface area contributed by atoms with Crippen LogP contribution in [0, 0.1) is 6.92 Å². The maximum Gasteiger partial charge on any atom is 0.261 e. The van der Waals surface area contributed by atoms with E-state index >= 15 is 0 Å². The van der Waals surface area contributed by atoms with Crippen molar-refractivity contribution in [2.45, 2.75) is 46.3 Å². The summed E-state index contributed by atoms with van der Waals surface area (Å²) in [5.74, 6) is -0.0856. The van der Waals surface area contributed by atoms with Crippen molar-refractivity contribution < 1.29 is 14.3 Å². The number of carbonyl (C=O) groups excluding carboxylic acids is 2. The van der Waals surface area contributed by atoms with E-state index in [2.05, 4.69) is 21.2 Å². The quantitative estimate of drug-likeness (QED) is 0.593. The first-order chi connectivity index (χ1) is 13.7. The molecule has 0 bridgehead atoms. The van der Waals surface area contributed by atoms with Crippen molar-refractivity contribution in [3.05, 3.63) is 63.1 Å². The Balaban J connectivity index is 2.17. The Hall–Kier alpha value is -2.05. The topological polar surface area (TPSA) is 58.6 Å². The Kier molecular flexibility index (Phi) is 8.53.